The highest BCUT2D eigenvalue weighted by atomic mass is 19.1. The standard InChI is InChI=1S/C27H24FN5O3/c1-33(2)27(34)16-3-4-22(31-15-16)24-13-23-26(36-24)20(5-8-30-23)17-11-18(14-29)25(21(28)12-17)32-19-6-9-35-10-7-19/h3-5,8,11-13,15,19,32H,6-7,9-10H2,1-2H3. The number of anilines is 1. The van der Waals surface area contributed by atoms with E-state index in [1.165, 1.54) is 17.2 Å². The Bertz CT molecular complexity index is 1470. The highest BCUT2D eigenvalue weighted by Crippen LogP contribution is 2.36. The average molecular weight is 486 g/mol. The van der Waals surface area contributed by atoms with E-state index >= 15 is 4.39 Å². The smallest absolute Gasteiger partial charge is 0.254 e. The highest BCUT2D eigenvalue weighted by Gasteiger charge is 2.20. The van der Waals surface area contributed by atoms with Crippen molar-refractivity contribution in [2.24, 2.45) is 0 Å². The van der Waals surface area contributed by atoms with Gasteiger partial charge in [-0.15, -0.1) is 0 Å². The zero-order chi connectivity index (χ0) is 25.2. The number of rotatable bonds is 5. The van der Waals surface area contributed by atoms with E-state index < -0.39 is 5.82 Å². The van der Waals surface area contributed by atoms with Crippen molar-refractivity contribution < 1.29 is 18.3 Å². The average Bonchev–Trinajstić information content (AvgIpc) is 3.34. The summed E-state index contributed by atoms with van der Waals surface area (Å²) < 4.78 is 26.7. The second-order valence-electron chi connectivity index (χ2n) is 8.84. The Morgan fingerprint density at radius 2 is 1.97 bits per heavy atom. The molecule has 36 heavy (non-hydrogen) atoms. The van der Waals surface area contributed by atoms with E-state index in [0.29, 0.717) is 52.5 Å². The maximum atomic E-state index is 15.2. The number of carbonyl (C=O) groups is 1. The first-order valence-electron chi connectivity index (χ1n) is 11.6. The fourth-order valence-electron chi connectivity index (χ4n) is 4.26. The third-order valence-electron chi connectivity index (χ3n) is 6.17. The number of benzene rings is 1. The Hall–Kier alpha value is -4.29. The van der Waals surface area contributed by atoms with Gasteiger partial charge in [0.25, 0.3) is 5.91 Å². The minimum absolute atomic E-state index is 0.0540. The third kappa shape index (κ3) is 4.51. The van der Waals surface area contributed by atoms with Crippen molar-refractivity contribution in [3.8, 4) is 28.7 Å². The molecule has 1 fully saturated rings. The van der Waals surface area contributed by atoms with Crippen LogP contribution < -0.4 is 5.32 Å². The van der Waals surface area contributed by atoms with Gasteiger partial charge in [0.05, 0.1) is 16.8 Å². The number of hydrogen-bond donors (Lipinski definition) is 1. The van der Waals surface area contributed by atoms with Crippen LogP contribution in [0.25, 0.3) is 33.7 Å². The van der Waals surface area contributed by atoms with Gasteiger partial charge in [-0.2, -0.15) is 5.26 Å². The summed E-state index contributed by atoms with van der Waals surface area (Å²) in [5, 5.41) is 12.9. The molecule has 0 bridgehead atoms. The Kier molecular flexibility index (Phi) is 6.36. The number of nitrogens with one attached hydrogen (secondary N) is 1. The van der Waals surface area contributed by atoms with Crippen LogP contribution in [0.1, 0.15) is 28.8 Å². The van der Waals surface area contributed by atoms with Crippen molar-refractivity contribution >= 4 is 22.7 Å². The van der Waals surface area contributed by atoms with Crippen LogP contribution in [0.15, 0.2) is 53.2 Å². The van der Waals surface area contributed by atoms with Crippen LogP contribution in [-0.2, 0) is 4.74 Å². The van der Waals surface area contributed by atoms with E-state index in [1.54, 1.807) is 50.6 Å². The van der Waals surface area contributed by atoms with Crippen LogP contribution in [-0.4, -0.2) is 54.1 Å². The summed E-state index contributed by atoms with van der Waals surface area (Å²) in [6.07, 6.45) is 4.62. The van der Waals surface area contributed by atoms with Crippen LogP contribution in [0.2, 0.25) is 0 Å². The number of nitrogens with zero attached hydrogens (tertiary/aromatic N) is 4. The van der Waals surface area contributed by atoms with Crippen molar-refractivity contribution in [1.29, 1.82) is 5.26 Å². The minimum atomic E-state index is -0.505. The van der Waals surface area contributed by atoms with Gasteiger partial charge < -0.3 is 19.4 Å². The fourth-order valence-corrected chi connectivity index (χ4v) is 4.26. The van der Waals surface area contributed by atoms with Crippen LogP contribution in [0.3, 0.4) is 0 Å². The summed E-state index contributed by atoms with van der Waals surface area (Å²) in [7, 11) is 3.35. The number of fused-ring (bicyclic) bond motifs is 1. The molecule has 1 aliphatic rings. The molecule has 1 N–H and O–H groups in total. The van der Waals surface area contributed by atoms with E-state index in [1.807, 2.05) is 0 Å². The number of carbonyl (C=O) groups excluding carboxylic acids is 1. The van der Waals surface area contributed by atoms with E-state index in [0.717, 1.165) is 12.8 Å². The summed E-state index contributed by atoms with van der Waals surface area (Å²) >= 11 is 0. The SMILES string of the molecule is CN(C)C(=O)c1ccc(-c2cc3nccc(-c4cc(F)c(NC5CCOCC5)c(C#N)c4)c3o2)nc1. The predicted octanol–water partition coefficient (Wildman–Crippen LogP) is 4.86. The lowest BCUT2D eigenvalue weighted by Crippen LogP contribution is -2.28. The van der Waals surface area contributed by atoms with Crippen LogP contribution in [0.5, 0.6) is 0 Å². The molecule has 3 aromatic heterocycles. The normalized spacial score (nSPS) is 13.9. The quantitative estimate of drug-likeness (QED) is 0.430. The molecule has 4 aromatic rings. The molecule has 8 nitrogen and oxygen atoms in total. The molecular formula is C27H24FN5O3. The van der Waals surface area contributed by atoms with Crippen molar-refractivity contribution in [1.82, 2.24) is 14.9 Å². The molecule has 0 radical (unpaired) electrons. The molecule has 0 spiro atoms. The second-order valence-corrected chi connectivity index (χ2v) is 8.84. The lowest BCUT2D eigenvalue weighted by Gasteiger charge is -2.25. The fraction of sp³-hybridized carbons (Fsp3) is 0.259. The minimum Gasteiger partial charge on any atom is -0.452 e. The molecule has 0 unspecified atom stereocenters. The Morgan fingerprint density at radius 1 is 1.17 bits per heavy atom. The maximum absolute atomic E-state index is 15.2. The van der Waals surface area contributed by atoms with Crippen molar-refractivity contribution in [2.45, 2.75) is 18.9 Å². The van der Waals surface area contributed by atoms with Gasteiger partial charge in [-0.05, 0) is 48.7 Å². The molecule has 0 saturated carbocycles. The third-order valence-corrected chi connectivity index (χ3v) is 6.17. The van der Waals surface area contributed by atoms with Crippen LogP contribution >= 0.6 is 0 Å². The monoisotopic (exact) mass is 485 g/mol. The van der Waals surface area contributed by atoms with Crippen molar-refractivity contribution in [3.63, 3.8) is 0 Å². The molecule has 182 valence electrons. The second kappa shape index (κ2) is 9.76. The van der Waals surface area contributed by atoms with Crippen molar-refractivity contribution in [3.05, 3.63) is 65.7 Å². The van der Waals surface area contributed by atoms with Gasteiger partial charge in [0.1, 0.15) is 23.1 Å². The molecule has 0 aliphatic carbocycles. The predicted molar refractivity (Wildman–Crippen MR) is 133 cm³/mol. The number of halogens is 1. The maximum Gasteiger partial charge on any atom is 0.254 e. The molecular weight excluding hydrogens is 461 g/mol. The van der Waals surface area contributed by atoms with E-state index in [9.17, 15) is 10.1 Å². The number of hydrogen-bond acceptors (Lipinski definition) is 7. The van der Waals surface area contributed by atoms with Gasteiger partial charge in [-0.3, -0.25) is 14.8 Å². The van der Waals surface area contributed by atoms with Gasteiger partial charge in [0.15, 0.2) is 11.3 Å². The number of furan rings is 1. The van der Waals surface area contributed by atoms with Crippen LogP contribution in [0.4, 0.5) is 10.1 Å². The zero-order valence-electron chi connectivity index (χ0n) is 19.9. The van der Waals surface area contributed by atoms with Crippen LogP contribution in [0, 0.1) is 17.1 Å². The summed E-state index contributed by atoms with van der Waals surface area (Å²) in [5.74, 6) is -0.185. The first-order chi connectivity index (χ1) is 17.4. The number of nitriles is 1. The summed E-state index contributed by atoms with van der Waals surface area (Å²) in [5.41, 5.74) is 3.57. The molecule has 1 aliphatic heterocycles. The number of aromatic nitrogens is 2. The molecule has 9 heteroatoms. The molecule has 0 atom stereocenters. The van der Waals surface area contributed by atoms with E-state index in [2.05, 4.69) is 21.4 Å². The molecule has 1 saturated heterocycles. The van der Waals surface area contributed by atoms with Gasteiger partial charge >= 0.3 is 0 Å². The van der Waals surface area contributed by atoms with Crippen molar-refractivity contribution in [2.75, 3.05) is 32.6 Å². The number of pyridine rings is 2. The summed E-state index contributed by atoms with van der Waals surface area (Å²) in [6, 6.07) is 12.1. The molecule has 1 aromatic carbocycles. The van der Waals surface area contributed by atoms with Gasteiger partial charge in [0.2, 0.25) is 0 Å². The summed E-state index contributed by atoms with van der Waals surface area (Å²) in [4.78, 5) is 22.4. The van der Waals surface area contributed by atoms with E-state index in [4.69, 9.17) is 9.15 Å². The highest BCUT2D eigenvalue weighted by molar-refractivity contribution is 5.94. The Balaban J connectivity index is 1.50. The van der Waals surface area contributed by atoms with Gasteiger partial charge in [-0.1, -0.05) is 0 Å². The Morgan fingerprint density at radius 3 is 2.67 bits per heavy atom. The first-order valence-corrected chi connectivity index (χ1v) is 11.6. The number of amides is 1. The molecule has 1 amide bonds. The molecule has 5 rings (SSSR count). The lowest BCUT2D eigenvalue weighted by atomic mass is 10.0. The zero-order valence-corrected chi connectivity index (χ0v) is 19.9. The Labute approximate surface area is 207 Å². The lowest BCUT2D eigenvalue weighted by molar-refractivity contribution is 0.0827. The summed E-state index contributed by atoms with van der Waals surface area (Å²) in [6.45, 7) is 1.22. The molecule has 4 heterocycles. The number of ether oxygens (including phenoxy) is 1. The topological polar surface area (TPSA) is 104 Å². The largest absolute Gasteiger partial charge is 0.452 e. The van der Waals surface area contributed by atoms with Gasteiger partial charge in [0, 0.05) is 57.4 Å². The van der Waals surface area contributed by atoms with E-state index in [-0.39, 0.29) is 23.2 Å². The van der Waals surface area contributed by atoms with Gasteiger partial charge in [-0.25, -0.2) is 4.39 Å². The first kappa shape index (κ1) is 23.5.